The number of para-hydroxylation sites is 2. The lowest BCUT2D eigenvalue weighted by molar-refractivity contribution is -0.245. The van der Waals surface area contributed by atoms with E-state index in [2.05, 4.69) is 42.9 Å². The molecule has 0 aliphatic carbocycles. The molecule has 0 saturated carbocycles. The number of thioether (sulfide) groups is 1. The third kappa shape index (κ3) is 7.26. The molecule has 0 spiro atoms. The largest absolute Gasteiger partial charge is 0.392 e. The van der Waals surface area contributed by atoms with Crippen molar-refractivity contribution >= 4 is 28.7 Å². The highest BCUT2D eigenvalue weighted by molar-refractivity contribution is 7.99. The number of amides is 1. The lowest BCUT2D eigenvalue weighted by Crippen LogP contribution is -2.31. The summed E-state index contributed by atoms with van der Waals surface area (Å²) in [6, 6.07) is 31.5. The zero-order valence-electron chi connectivity index (χ0n) is 26.1. The maximum atomic E-state index is 12.9. The van der Waals surface area contributed by atoms with E-state index in [1.54, 1.807) is 16.4 Å². The second-order valence-corrected chi connectivity index (χ2v) is 12.5. The molecule has 3 atom stereocenters. The Labute approximate surface area is 281 Å². The van der Waals surface area contributed by atoms with Gasteiger partial charge in [-0.05, 0) is 62.5 Å². The van der Waals surface area contributed by atoms with E-state index in [4.69, 9.17) is 9.47 Å². The molecule has 1 aliphatic heterocycles. The van der Waals surface area contributed by atoms with Gasteiger partial charge in [0, 0.05) is 31.3 Å². The van der Waals surface area contributed by atoms with E-state index in [1.165, 1.54) is 6.20 Å². The SMILES string of the molecule is Cn1nnnc1SC[C@@H]1C[C@H](c2ccc(CO)cc2)O[C@H](c2cccc(-c3cccc(CNC(=O)c4cnc5ccccc5n4)c3)c2)O1. The van der Waals surface area contributed by atoms with Crippen LogP contribution in [0.1, 0.15) is 51.6 Å². The summed E-state index contributed by atoms with van der Waals surface area (Å²) in [6.45, 7) is 0.328. The van der Waals surface area contributed by atoms with Crippen molar-refractivity contribution in [1.29, 1.82) is 0 Å². The van der Waals surface area contributed by atoms with Crippen molar-refractivity contribution in [3.05, 3.63) is 131 Å². The summed E-state index contributed by atoms with van der Waals surface area (Å²) in [4.78, 5) is 21.7. The lowest BCUT2D eigenvalue weighted by atomic mass is 9.99. The second-order valence-electron chi connectivity index (χ2n) is 11.5. The Balaban J connectivity index is 1.07. The highest BCUT2D eigenvalue weighted by Crippen LogP contribution is 2.40. The highest BCUT2D eigenvalue weighted by atomic mass is 32.2. The molecule has 6 aromatic rings. The summed E-state index contributed by atoms with van der Waals surface area (Å²) in [5.41, 5.74) is 7.42. The van der Waals surface area contributed by atoms with E-state index in [9.17, 15) is 9.90 Å². The van der Waals surface area contributed by atoms with Crippen LogP contribution in [0.2, 0.25) is 0 Å². The molecule has 0 bridgehead atoms. The first-order chi connectivity index (χ1) is 23.5. The minimum atomic E-state index is -0.602. The van der Waals surface area contributed by atoms with Crippen LogP contribution < -0.4 is 5.32 Å². The number of hydrogen-bond donors (Lipinski definition) is 2. The smallest absolute Gasteiger partial charge is 0.271 e. The van der Waals surface area contributed by atoms with Crippen LogP contribution in [0.5, 0.6) is 0 Å². The molecular weight excluding hydrogens is 627 g/mol. The van der Waals surface area contributed by atoms with Crippen LogP contribution in [0.3, 0.4) is 0 Å². The average Bonchev–Trinajstić information content (AvgIpc) is 3.57. The fraction of sp³-hybridized carbons (Fsp3) is 0.222. The third-order valence-electron chi connectivity index (χ3n) is 8.15. The molecule has 12 heteroatoms. The average molecular weight is 660 g/mol. The van der Waals surface area contributed by atoms with Crippen molar-refractivity contribution in [1.82, 2.24) is 35.5 Å². The molecule has 242 valence electrons. The predicted octanol–water partition coefficient (Wildman–Crippen LogP) is 5.58. The molecule has 1 aliphatic rings. The van der Waals surface area contributed by atoms with Gasteiger partial charge in [0.25, 0.3) is 5.91 Å². The summed E-state index contributed by atoms with van der Waals surface area (Å²) in [7, 11) is 1.81. The molecule has 3 heterocycles. The van der Waals surface area contributed by atoms with Crippen molar-refractivity contribution in [2.75, 3.05) is 5.75 Å². The number of nitrogens with one attached hydrogen (secondary N) is 1. The van der Waals surface area contributed by atoms with Gasteiger partial charge in [0.05, 0.1) is 36.0 Å². The number of rotatable bonds is 10. The van der Waals surface area contributed by atoms with Gasteiger partial charge in [-0.25, -0.2) is 9.67 Å². The van der Waals surface area contributed by atoms with E-state index >= 15 is 0 Å². The Hall–Kier alpha value is -5.01. The maximum Gasteiger partial charge on any atom is 0.271 e. The van der Waals surface area contributed by atoms with E-state index in [0.717, 1.165) is 38.9 Å². The van der Waals surface area contributed by atoms with Crippen molar-refractivity contribution in [3.8, 4) is 11.1 Å². The second kappa shape index (κ2) is 14.4. The van der Waals surface area contributed by atoms with Crippen molar-refractivity contribution in [2.45, 2.75) is 43.2 Å². The van der Waals surface area contributed by atoms with Gasteiger partial charge in [-0.15, -0.1) is 5.10 Å². The zero-order valence-corrected chi connectivity index (χ0v) is 27.0. The van der Waals surface area contributed by atoms with Crippen LogP contribution in [0.4, 0.5) is 0 Å². The number of nitrogens with zero attached hydrogens (tertiary/aromatic N) is 6. The number of carbonyl (C=O) groups is 1. The Morgan fingerprint density at radius 3 is 2.50 bits per heavy atom. The van der Waals surface area contributed by atoms with Crippen LogP contribution in [-0.2, 0) is 29.7 Å². The number of ether oxygens (including phenoxy) is 2. The van der Waals surface area contributed by atoms with Crippen LogP contribution >= 0.6 is 11.8 Å². The summed E-state index contributed by atoms with van der Waals surface area (Å²) in [6.07, 6.45) is 1.22. The Bertz CT molecular complexity index is 2040. The first-order valence-corrected chi connectivity index (χ1v) is 16.6. The number of benzene rings is 4. The van der Waals surface area contributed by atoms with Crippen LogP contribution in [0, 0.1) is 0 Å². The van der Waals surface area contributed by atoms with Gasteiger partial charge < -0.3 is 19.9 Å². The quantitative estimate of drug-likeness (QED) is 0.179. The van der Waals surface area contributed by atoms with Gasteiger partial charge >= 0.3 is 0 Å². The van der Waals surface area contributed by atoms with Gasteiger partial charge in [0.1, 0.15) is 5.69 Å². The molecule has 2 aromatic heterocycles. The van der Waals surface area contributed by atoms with Crippen LogP contribution in [0.25, 0.3) is 22.2 Å². The Morgan fingerprint density at radius 1 is 0.917 bits per heavy atom. The molecule has 1 amide bonds. The molecular formula is C36H33N7O4S. The summed E-state index contributed by atoms with van der Waals surface area (Å²) in [5.74, 6) is 0.369. The molecule has 11 nitrogen and oxygen atoms in total. The Morgan fingerprint density at radius 2 is 1.71 bits per heavy atom. The molecule has 1 saturated heterocycles. The first-order valence-electron chi connectivity index (χ1n) is 15.6. The monoisotopic (exact) mass is 659 g/mol. The minimum absolute atomic E-state index is 0.0119. The molecule has 7 rings (SSSR count). The van der Waals surface area contributed by atoms with Gasteiger partial charge in [-0.2, -0.15) is 0 Å². The number of aliphatic hydroxyl groups is 1. The number of fused-ring (bicyclic) bond motifs is 1. The first kappa shape index (κ1) is 31.6. The Kier molecular flexibility index (Phi) is 9.48. The minimum Gasteiger partial charge on any atom is -0.392 e. The molecule has 0 unspecified atom stereocenters. The maximum absolute atomic E-state index is 12.9. The number of hydrogen-bond acceptors (Lipinski definition) is 10. The zero-order chi connectivity index (χ0) is 32.9. The van der Waals surface area contributed by atoms with Crippen LogP contribution in [0.15, 0.2) is 108 Å². The number of tetrazole rings is 1. The standard InChI is InChI=1S/C36H33N7O4S/c1-43-36(40-41-42-43)48-22-29-18-33(25-14-12-23(21-44)13-15-25)47-35(46-29)28-9-5-8-27(17-28)26-7-4-6-24(16-26)19-38-34(45)32-20-37-30-10-2-3-11-31(30)39-32/h2-17,20,29,33,35,44H,18-19,21-22H2,1H3,(H,38,45)/t29-,33+,35+/m0/s1. The van der Waals surface area contributed by atoms with Crippen molar-refractivity contribution in [2.24, 2.45) is 7.05 Å². The number of carbonyl (C=O) groups excluding carboxylic acids is 1. The van der Waals surface area contributed by atoms with Gasteiger partial charge in [-0.3, -0.25) is 9.78 Å². The van der Waals surface area contributed by atoms with E-state index in [-0.39, 0.29) is 30.4 Å². The third-order valence-corrected chi connectivity index (χ3v) is 9.29. The van der Waals surface area contributed by atoms with E-state index in [1.807, 2.05) is 92.0 Å². The molecule has 1 fully saturated rings. The van der Waals surface area contributed by atoms with Gasteiger partial charge in [0.2, 0.25) is 5.16 Å². The van der Waals surface area contributed by atoms with E-state index < -0.39 is 6.29 Å². The summed E-state index contributed by atoms with van der Waals surface area (Å²) >= 11 is 1.54. The highest BCUT2D eigenvalue weighted by Gasteiger charge is 2.32. The molecule has 48 heavy (non-hydrogen) atoms. The van der Waals surface area contributed by atoms with E-state index in [0.29, 0.717) is 29.4 Å². The molecule has 0 radical (unpaired) electrons. The number of aromatic nitrogens is 6. The number of aryl methyl sites for hydroxylation is 1. The fourth-order valence-corrected chi connectivity index (χ4v) is 6.47. The summed E-state index contributed by atoms with van der Waals surface area (Å²) in [5, 5.41) is 25.0. The van der Waals surface area contributed by atoms with Gasteiger partial charge in [0.15, 0.2) is 6.29 Å². The fourth-order valence-electron chi connectivity index (χ4n) is 5.60. The van der Waals surface area contributed by atoms with Crippen molar-refractivity contribution in [3.63, 3.8) is 0 Å². The van der Waals surface area contributed by atoms with Crippen LogP contribution in [-0.4, -0.2) is 53.0 Å². The molecule has 2 N–H and O–H groups in total. The topological polar surface area (TPSA) is 137 Å². The lowest BCUT2D eigenvalue weighted by Gasteiger charge is -2.36. The summed E-state index contributed by atoms with van der Waals surface area (Å²) < 4.78 is 14.8. The normalized spacial score (nSPS) is 17.8. The molecule has 4 aromatic carbocycles. The van der Waals surface area contributed by atoms with Gasteiger partial charge in [-0.1, -0.05) is 84.6 Å². The van der Waals surface area contributed by atoms with Crippen molar-refractivity contribution < 1.29 is 19.4 Å². The predicted molar refractivity (Wildman–Crippen MR) is 181 cm³/mol. The number of aliphatic hydroxyl groups excluding tert-OH is 1.